The summed E-state index contributed by atoms with van der Waals surface area (Å²) in [4.78, 5) is 16.6. The molecule has 0 saturated carbocycles. The quantitative estimate of drug-likeness (QED) is 0.689. The van der Waals surface area contributed by atoms with E-state index in [0.717, 1.165) is 0 Å². The Kier molecular flexibility index (Phi) is 3.31. The summed E-state index contributed by atoms with van der Waals surface area (Å²) in [5.74, 6) is 0.807. The summed E-state index contributed by atoms with van der Waals surface area (Å²) in [6, 6.07) is 12.2. The van der Waals surface area contributed by atoms with Gasteiger partial charge in [-0.25, -0.2) is 4.98 Å². The molecule has 0 aliphatic rings. The predicted molar refractivity (Wildman–Crippen MR) is 77.0 cm³/mol. The van der Waals surface area contributed by atoms with E-state index in [1.807, 2.05) is 12.1 Å². The highest BCUT2D eigenvalue weighted by Gasteiger charge is 2.18. The largest absolute Gasteiger partial charge is 0.493 e. The van der Waals surface area contributed by atoms with E-state index >= 15 is 0 Å². The number of methoxy groups -OCH3 is 2. The van der Waals surface area contributed by atoms with Crippen molar-refractivity contribution in [3.8, 4) is 11.5 Å². The second-order valence-electron chi connectivity index (χ2n) is 4.39. The van der Waals surface area contributed by atoms with Crippen molar-refractivity contribution in [2.75, 3.05) is 14.2 Å². The van der Waals surface area contributed by atoms with Crippen LogP contribution in [0.3, 0.4) is 0 Å². The van der Waals surface area contributed by atoms with Crippen LogP contribution in [0, 0.1) is 0 Å². The highest BCUT2D eigenvalue weighted by Crippen LogP contribution is 2.28. The van der Waals surface area contributed by atoms with Gasteiger partial charge in [0.15, 0.2) is 17.1 Å². The van der Waals surface area contributed by atoms with Gasteiger partial charge >= 0.3 is 0 Å². The van der Waals surface area contributed by atoms with E-state index in [1.165, 1.54) is 7.11 Å². The van der Waals surface area contributed by atoms with Crippen LogP contribution < -0.4 is 9.47 Å². The lowest BCUT2D eigenvalue weighted by Crippen LogP contribution is -2.02. The molecule has 0 aliphatic heterocycles. The van der Waals surface area contributed by atoms with Crippen molar-refractivity contribution < 1.29 is 18.7 Å². The van der Waals surface area contributed by atoms with Gasteiger partial charge in [-0.15, -0.1) is 0 Å². The van der Waals surface area contributed by atoms with Gasteiger partial charge in [-0.05, 0) is 30.3 Å². The van der Waals surface area contributed by atoms with E-state index in [2.05, 4.69) is 4.98 Å². The minimum atomic E-state index is -0.299. The van der Waals surface area contributed by atoms with Gasteiger partial charge in [0, 0.05) is 5.56 Å². The first-order valence-corrected chi connectivity index (χ1v) is 6.35. The van der Waals surface area contributed by atoms with Crippen LogP contribution in [0.4, 0.5) is 0 Å². The number of hydrogen-bond acceptors (Lipinski definition) is 5. The van der Waals surface area contributed by atoms with Crippen LogP contribution in [0.25, 0.3) is 11.1 Å². The van der Waals surface area contributed by atoms with Crippen LogP contribution in [-0.4, -0.2) is 25.0 Å². The van der Waals surface area contributed by atoms with E-state index in [9.17, 15) is 4.79 Å². The number of hydrogen-bond donors (Lipinski definition) is 0. The standard InChI is InChI=1S/C16H13NO4/c1-19-13-8-7-10(9-14(13)20-2)15(18)16-17-11-5-3-4-6-12(11)21-16/h3-9H,1-2H3. The van der Waals surface area contributed by atoms with Gasteiger partial charge in [0.1, 0.15) is 5.52 Å². The minimum Gasteiger partial charge on any atom is -0.493 e. The number of fused-ring (bicyclic) bond motifs is 1. The van der Waals surface area contributed by atoms with Gasteiger partial charge < -0.3 is 13.9 Å². The first-order valence-electron chi connectivity index (χ1n) is 6.35. The number of benzene rings is 2. The van der Waals surface area contributed by atoms with E-state index in [1.54, 1.807) is 37.4 Å². The van der Waals surface area contributed by atoms with E-state index in [-0.39, 0.29) is 11.7 Å². The van der Waals surface area contributed by atoms with Crippen molar-refractivity contribution in [1.82, 2.24) is 4.98 Å². The first kappa shape index (κ1) is 13.2. The summed E-state index contributed by atoms with van der Waals surface area (Å²) in [7, 11) is 3.06. The lowest BCUT2D eigenvalue weighted by atomic mass is 10.1. The molecule has 21 heavy (non-hydrogen) atoms. The molecule has 0 N–H and O–H groups in total. The van der Waals surface area contributed by atoms with Gasteiger partial charge in [0.2, 0.25) is 5.78 Å². The molecule has 0 atom stereocenters. The van der Waals surface area contributed by atoms with Crippen LogP contribution >= 0.6 is 0 Å². The highest BCUT2D eigenvalue weighted by atomic mass is 16.5. The predicted octanol–water partition coefficient (Wildman–Crippen LogP) is 3.08. The Morgan fingerprint density at radius 3 is 2.52 bits per heavy atom. The fourth-order valence-electron chi connectivity index (χ4n) is 2.07. The number of ether oxygens (including phenoxy) is 2. The second kappa shape index (κ2) is 5.28. The molecule has 2 aromatic carbocycles. The van der Waals surface area contributed by atoms with Crippen molar-refractivity contribution in [3.63, 3.8) is 0 Å². The molecular weight excluding hydrogens is 270 g/mol. The third-order valence-electron chi connectivity index (χ3n) is 3.13. The topological polar surface area (TPSA) is 61.6 Å². The Morgan fingerprint density at radius 1 is 1.05 bits per heavy atom. The maximum Gasteiger partial charge on any atom is 0.269 e. The van der Waals surface area contributed by atoms with Crippen molar-refractivity contribution in [1.29, 1.82) is 0 Å². The van der Waals surface area contributed by atoms with Crippen molar-refractivity contribution in [2.45, 2.75) is 0 Å². The van der Waals surface area contributed by atoms with Crippen LogP contribution in [-0.2, 0) is 0 Å². The summed E-state index contributed by atoms with van der Waals surface area (Å²) in [6.45, 7) is 0. The Hall–Kier alpha value is -2.82. The molecule has 3 rings (SSSR count). The molecule has 0 saturated heterocycles. The number of rotatable bonds is 4. The number of aromatic nitrogens is 1. The normalized spacial score (nSPS) is 10.6. The second-order valence-corrected chi connectivity index (χ2v) is 4.39. The van der Waals surface area contributed by atoms with Gasteiger partial charge in [-0.2, -0.15) is 0 Å². The summed E-state index contributed by atoms with van der Waals surface area (Å²) in [5, 5.41) is 0. The number of nitrogens with zero attached hydrogens (tertiary/aromatic N) is 1. The van der Waals surface area contributed by atoms with Gasteiger partial charge in [-0.1, -0.05) is 12.1 Å². The van der Waals surface area contributed by atoms with Crippen LogP contribution in [0.1, 0.15) is 16.2 Å². The number of oxazole rings is 1. The minimum absolute atomic E-state index is 0.0587. The van der Waals surface area contributed by atoms with Gasteiger partial charge in [0.25, 0.3) is 5.89 Å². The van der Waals surface area contributed by atoms with E-state index in [0.29, 0.717) is 28.2 Å². The molecule has 0 spiro atoms. The Labute approximate surface area is 121 Å². The molecule has 0 amide bonds. The average Bonchev–Trinajstić information content (AvgIpc) is 2.97. The zero-order valence-corrected chi connectivity index (χ0v) is 11.6. The fraction of sp³-hybridized carbons (Fsp3) is 0.125. The molecule has 0 bridgehead atoms. The zero-order chi connectivity index (χ0) is 14.8. The third-order valence-corrected chi connectivity index (χ3v) is 3.13. The maximum absolute atomic E-state index is 12.4. The SMILES string of the molecule is COc1ccc(C(=O)c2nc3ccccc3o2)cc1OC. The zero-order valence-electron chi connectivity index (χ0n) is 11.6. The van der Waals surface area contributed by atoms with E-state index < -0.39 is 0 Å². The van der Waals surface area contributed by atoms with Gasteiger partial charge in [0.05, 0.1) is 14.2 Å². The Bertz CT molecular complexity index is 774. The van der Waals surface area contributed by atoms with Crippen molar-refractivity contribution in [2.24, 2.45) is 0 Å². The van der Waals surface area contributed by atoms with Crippen molar-refractivity contribution in [3.05, 3.63) is 53.9 Å². The molecule has 3 aromatic rings. The van der Waals surface area contributed by atoms with Gasteiger partial charge in [-0.3, -0.25) is 4.79 Å². The molecule has 0 radical (unpaired) electrons. The van der Waals surface area contributed by atoms with Crippen LogP contribution in [0.15, 0.2) is 46.9 Å². The van der Waals surface area contributed by atoms with Crippen molar-refractivity contribution >= 4 is 16.9 Å². The molecule has 5 heteroatoms. The number of ketones is 1. The lowest BCUT2D eigenvalue weighted by molar-refractivity contribution is 0.100. The smallest absolute Gasteiger partial charge is 0.269 e. The molecule has 1 heterocycles. The number of para-hydroxylation sites is 2. The van der Waals surface area contributed by atoms with E-state index in [4.69, 9.17) is 13.9 Å². The average molecular weight is 283 g/mol. The monoisotopic (exact) mass is 283 g/mol. The molecule has 1 aromatic heterocycles. The Balaban J connectivity index is 2.01. The molecular formula is C16H13NO4. The molecule has 0 fully saturated rings. The summed E-state index contributed by atoms with van der Waals surface area (Å²) >= 11 is 0. The first-order chi connectivity index (χ1) is 10.2. The lowest BCUT2D eigenvalue weighted by Gasteiger charge is -2.07. The summed E-state index contributed by atoms with van der Waals surface area (Å²) in [6.07, 6.45) is 0. The maximum atomic E-state index is 12.4. The fourth-order valence-corrected chi connectivity index (χ4v) is 2.07. The molecule has 0 aliphatic carbocycles. The molecule has 106 valence electrons. The Morgan fingerprint density at radius 2 is 1.81 bits per heavy atom. The highest BCUT2D eigenvalue weighted by molar-refractivity contribution is 6.07. The third kappa shape index (κ3) is 2.33. The molecule has 0 unspecified atom stereocenters. The number of carbonyl (C=O) groups excluding carboxylic acids is 1. The molecule has 5 nitrogen and oxygen atoms in total. The summed E-state index contributed by atoms with van der Waals surface area (Å²) < 4.78 is 15.8. The van der Waals surface area contributed by atoms with Crippen LogP contribution in [0.2, 0.25) is 0 Å². The number of carbonyl (C=O) groups is 1. The summed E-state index contributed by atoms with van der Waals surface area (Å²) in [5.41, 5.74) is 1.67. The van der Waals surface area contributed by atoms with Crippen LogP contribution in [0.5, 0.6) is 11.5 Å².